The number of hydrogen-bond acceptors (Lipinski definition) is 6. The van der Waals surface area contributed by atoms with E-state index in [1.165, 1.54) is 6.08 Å². The topological polar surface area (TPSA) is 87.7 Å². The summed E-state index contributed by atoms with van der Waals surface area (Å²) in [5.41, 5.74) is 1.55. The number of aromatic nitrogens is 2. The van der Waals surface area contributed by atoms with Crippen LogP contribution >= 0.6 is 0 Å². The number of carbonyl (C=O) groups is 2. The second-order valence-corrected chi connectivity index (χ2v) is 6.16. The molecule has 0 radical (unpaired) electrons. The van der Waals surface area contributed by atoms with Crippen LogP contribution in [-0.4, -0.2) is 59.7 Å². The first-order valence-electron chi connectivity index (χ1n) is 9.18. The van der Waals surface area contributed by atoms with Crippen molar-refractivity contribution in [3.63, 3.8) is 0 Å². The van der Waals surface area contributed by atoms with Gasteiger partial charge in [0.15, 0.2) is 0 Å². The minimum atomic E-state index is -0.375. The van der Waals surface area contributed by atoms with E-state index in [9.17, 15) is 9.59 Å². The Morgan fingerprint density at radius 3 is 2.43 bits per heavy atom. The first-order chi connectivity index (χ1) is 13.7. The fraction of sp³-hybridized carbons (Fsp3) is 0.300. The monoisotopic (exact) mass is 381 g/mol. The van der Waals surface area contributed by atoms with Crippen molar-refractivity contribution in [3.05, 3.63) is 54.4 Å². The molecule has 3 rings (SSSR count). The standard InChI is InChI=1S/C20H23N5O3/c1-2-28-18(26)9-6-16-4-7-17(8-5-16)23-20(27)25-14-12-24(13-15-25)19-21-10-3-11-22-19/h3-11H,2,12-15H2,1H3,(H,23,27)/b9-6-. The molecule has 8 nitrogen and oxygen atoms in total. The van der Waals surface area contributed by atoms with Gasteiger partial charge in [0, 0.05) is 50.3 Å². The molecular weight excluding hydrogens is 358 g/mol. The lowest BCUT2D eigenvalue weighted by Gasteiger charge is -2.34. The lowest BCUT2D eigenvalue weighted by molar-refractivity contribution is -0.137. The number of nitrogens with zero attached hydrogens (tertiary/aromatic N) is 4. The first-order valence-corrected chi connectivity index (χ1v) is 9.18. The van der Waals surface area contributed by atoms with Crippen molar-refractivity contribution in [2.75, 3.05) is 43.0 Å². The average molecular weight is 381 g/mol. The van der Waals surface area contributed by atoms with Crippen molar-refractivity contribution in [2.45, 2.75) is 6.92 Å². The second kappa shape index (κ2) is 9.50. The number of urea groups is 1. The van der Waals surface area contributed by atoms with E-state index in [2.05, 4.69) is 20.2 Å². The van der Waals surface area contributed by atoms with E-state index in [4.69, 9.17) is 4.74 Å². The number of esters is 1. The molecule has 0 saturated carbocycles. The molecule has 1 aliphatic rings. The summed E-state index contributed by atoms with van der Waals surface area (Å²) < 4.78 is 4.84. The lowest BCUT2D eigenvalue weighted by Crippen LogP contribution is -2.50. The molecular formula is C20H23N5O3. The fourth-order valence-electron chi connectivity index (χ4n) is 2.80. The quantitative estimate of drug-likeness (QED) is 0.632. The molecule has 146 valence electrons. The maximum Gasteiger partial charge on any atom is 0.330 e. The average Bonchev–Trinajstić information content (AvgIpc) is 2.74. The van der Waals surface area contributed by atoms with Crippen LogP contribution in [-0.2, 0) is 9.53 Å². The van der Waals surface area contributed by atoms with Gasteiger partial charge in [0.1, 0.15) is 0 Å². The Morgan fingerprint density at radius 2 is 1.79 bits per heavy atom. The summed E-state index contributed by atoms with van der Waals surface area (Å²) in [6, 6.07) is 8.91. The molecule has 2 aromatic rings. The molecule has 1 aromatic heterocycles. The van der Waals surface area contributed by atoms with Crippen molar-refractivity contribution >= 4 is 29.7 Å². The highest BCUT2D eigenvalue weighted by Crippen LogP contribution is 2.14. The van der Waals surface area contributed by atoms with Gasteiger partial charge in [0.2, 0.25) is 5.95 Å². The number of rotatable bonds is 5. The van der Waals surface area contributed by atoms with Crippen LogP contribution in [0.5, 0.6) is 0 Å². The maximum atomic E-state index is 12.5. The molecule has 0 aliphatic carbocycles. The summed E-state index contributed by atoms with van der Waals surface area (Å²) in [5, 5.41) is 2.90. The Hall–Kier alpha value is -3.42. The van der Waals surface area contributed by atoms with Crippen LogP contribution < -0.4 is 10.2 Å². The summed E-state index contributed by atoms with van der Waals surface area (Å²) in [6.45, 7) is 4.69. The van der Waals surface area contributed by atoms with Crippen LogP contribution in [0, 0.1) is 0 Å². The van der Waals surface area contributed by atoms with Crippen LogP contribution in [0.15, 0.2) is 48.8 Å². The molecule has 8 heteroatoms. The molecule has 0 spiro atoms. The summed E-state index contributed by atoms with van der Waals surface area (Å²) in [6.07, 6.45) is 6.49. The molecule has 1 fully saturated rings. The number of anilines is 2. The van der Waals surface area contributed by atoms with E-state index >= 15 is 0 Å². The normalized spacial score (nSPS) is 14.2. The molecule has 28 heavy (non-hydrogen) atoms. The number of piperazine rings is 1. The van der Waals surface area contributed by atoms with Gasteiger partial charge < -0.3 is 19.9 Å². The van der Waals surface area contributed by atoms with E-state index < -0.39 is 0 Å². The molecule has 2 heterocycles. The van der Waals surface area contributed by atoms with Gasteiger partial charge in [-0.1, -0.05) is 12.1 Å². The molecule has 1 aliphatic heterocycles. The van der Waals surface area contributed by atoms with E-state index in [0.29, 0.717) is 44.4 Å². The number of nitrogens with one attached hydrogen (secondary N) is 1. The highest BCUT2D eigenvalue weighted by atomic mass is 16.5. The van der Waals surface area contributed by atoms with Crippen molar-refractivity contribution in [2.24, 2.45) is 0 Å². The van der Waals surface area contributed by atoms with Gasteiger partial charge in [-0.2, -0.15) is 0 Å². The zero-order valence-electron chi connectivity index (χ0n) is 15.7. The highest BCUT2D eigenvalue weighted by molar-refractivity contribution is 5.90. The van der Waals surface area contributed by atoms with E-state index in [1.54, 1.807) is 48.5 Å². The van der Waals surface area contributed by atoms with Crippen molar-refractivity contribution < 1.29 is 14.3 Å². The summed E-state index contributed by atoms with van der Waals surface area (Å²) in [5.74, 6) is 0.314. The molecule has 1 N–H and O–H groups in total. The summed E-state index contributed by atoms with van der Waals surface area (Å²) in [7, 11) is 0. The number of benzene rings is 1. The highest BCUT2D eigenvalue weighted by Gasteiger charge is 2.22. The van der Waals surface area contributed by atoms with Crippen LogP contribution in [0.3, 0.4) is 0 Å². The minimum Gasteiger partial charge on any atom is -0.463 e. The van der Waals surface area contributed by atoms with Crippen LogP contribution in [0.1, 0.15) is 12.5 Å². The van der Waals surface area contributed by atoms with Gasteiger partial charge >= 0.3 is 12.0 Å². The maximum absolute atomic E-state index is 12.5. The zero-order chi connectivity index (χ0) is 19.8. The molecule has 0 bridgehead atoms. The summed E-state index contributed by atoms with van der Waals surface area (Å²) >= 11 is 0. The largest absolute Gasteiger partial charge is 0.463 e. The van der Waals surface area contributed by atoms with Gasteiger partial charge in [0.25, 0.3) is 0 Å². The van der Waals surface area contributed by atoms with Crippen LogP contribution in [0.2, 0.25) is 0 Å². The van der Waals surface area contributed by atoms with Gasteiger partial charge in [-0.05, 0) is 36.8 Å². The van der Waals surface area contributed by atoms with Gasteiger partial charge in [-0.3, -0.25) is 0 Å². The molecule has 0 atom stereocenters. The Balaban J connectivity index is 1.49. The third kappa shape index (κ3) is 5.29. The molecule has 1 aromatic carbocycles. The molecule has 0 unspecified atom stereocenters. The third-order valence-corrected chi connectivity index (χ3v) is 4.26. The van der Waals surface area contributed by atoms with Gasteiger partial charge in [0.05, 0.1) is 6.61 Å². The number of ether oxygens (including phenoxy) is 1. The minimum absolute atomic E-state index is 0.136. The zero-order valence-corrected chi connectivity index (χ0v) is 15.7. The molecule has 1 saturated heterocycles. The predicted molar refractivity (Wildman–Crippen MR) is 107 cm³/mol. The first kappa shape index (κ1) is 19.3. The van der Waals surface area contributed by atoms with Crippen molar-refractivity contribution in [1.29, 1.82) is 0 Å². The van der Waals surface area contributed by atoms with E-state index in [-0.39, 0.29) is 12.0 Å². The van der Waals surface area contributed by atoms with Crippen LogP contribution in [0.25, 0.3) is 6.08 Å². The number of carbonyl (C=O) groups excluding carboxylic acids is 2. The second-order valence-electron chi connectivity index (χ2n) is 6.16. The Kier molecular flexibility index (Phi) is 6.56. The SMILES string of the molecule is CCOC(=O)/C=C\c1ccc(NC(=O)N2CCN(c3ncccn3)CC2)cc1. The molecule has 2 amide bonds. The van der Waals surface area contributed by atoms with Crippen molar-refractivity contribution in [1.82, 2.24) is 14.9 Å². The van der Waals surface area contributed by atoms with E-state index in [0.717, 1.165) is 5.56 Å². The van der Waals surface area contributed by atoms with E-state index in [1.807, 2.05) is 12.1 Å². The lowest BCUT2D eigenvalue weighted by atomic mass is 10.2. The van der Waals surface area contributed by atoms with Gasteiger partial charge in [-0.25, -0.2) is 19.6 Å². The Bertz CT molecular complexity index is 815. The van der Waals surface area contributed by atoms with Gasteiger partial charge in [-0.15, -0.1) is 0 Å². The fourth-order valence-corrected chi connectivity index (χ4v) is 2.80. The number of amides is 2. The smallest absolute Gasteiger partial charge is 0.330 e. The van der Waals surface area contributed by atoms with Crippen molar-refractivity contribution in [3.8, 4) is 0 Å². The predicted octanol–water partition coefficient (Wildman–Crippen LogP) is 2.41. The Morgan fingerprint density at radius 1 is 1.11 bits per heavy atom. The number of hydrogen-bond donors (Lipinski definition) is 1. The van der Waals surface area contributed by atoms with Crippen LogP contribution in [0.4, 0.5) is 16.4 Å². The third-order valence-electron chi connectivity index (χ3n) is 4.26. The Labute approximate surface area is 163 Å². The summed E-state index contributed by atoms with van der Waals surface area (Å²) in [4.78, 5) is 36.1.